The molecule has 1 aliphatic heterocycles. The van der Waals surface area contributed by atoms with E-state index >= 15 is 0 Å². The number of rotatable bonds is 6. The van der Waals surface area contributed by atoms with Crippen LogP contribution in [0.15, 0.2) is 56.5 Å². The van der Waals surface area contributed by atoms with E-state index in [0.717, 1.165) is 17.4 Å². The lowest BCUT2D eigenvalue weighted by Crippen LogP contribution is -2.48. The van der Waals surface area contributed by atoms with Crippen molar-refractivity contribution < 1.29 is 5.21 Å². The number of nitriles is 1. The minimum Gasteiger partial charge on any atom is -0.409 e. The predicted octanol–water partition coefficient (Wildman–Crippen LogP) is 1.06. The van der Waals surface area contributed by atoms with Gasteiger partial charge < -0.3 is 21.6 Å². The van der Waals surface area contributed by atoms with Crippen LogP contribution < -0.4 is 27.6 Å². The Morgan fingerprint density at radius 3 is 2.76 bits per heavy atom. The monoisotopic (exact) mass is 479 g/mol. The maximum absolute atomic E-state index is 13.7. The van der Waals surface area contributed by atoms with Gasteiger partial charge in [-0.15, -0.1) is 11.3 Å². The second-order valence-corrected chi connectivity index (χ2v) is 9.16. The van der Waals surface area contributed by atoms with Gasteiger partial charge in [0.1, 0.15) is 11.9 Å². The van der Waals surface area contributed by atoms with Crippen molar-refractivity contribution >= 4 is 23.0 Å². The first-order valence-electron chi connectivity index (χ1n) is 10.8. The predicted molar refractivity (Wildman–Crippen MR) is 131 cm³/mol. The lowest BCUT2D eigenvalue weighted by Gasteiger charge is -2.34. The van der Waals surface area contributed by atoms with Gasteiger partial charge >= 0.3 is 5.69 Å². The van der Waals surface area contributed by atoms with Gasteiger partial charge in [0.25, 0.3) is 5.56 Å². The number of thiophene rings is 1. The molecule has 0 unspecified atom stereocenters. The Labute approximate surface area is 199 Å². The molecule has 0 spiro atoms. The van der Waals surface area contributed by atoms with Crippen LogP contribution in [-0.2, 0) is 13.1 Å². The molecule has 176 valence electrons. The molecule has 10 nitrogen and oxygen atoms in total. The number of hydrogen-bond donors (Lipinski definition) is 3. The first-order valence-corrected chi connectivity index (χ1v) is 11.7. The van der Waals surface area contributed by atoms with Crippen molar-refractivity contribution in [2.75, 3.05) is 18.0 Å². The summed E-state index contributed by atoms with van der Waals surface area (Å²) in [6, 6.07) is 12.2. The van der Waals surface area contributed by atoms with Gasteiger partial charge in [0.05, 0.1) is 18.7 Å². The van der Waals surface area contributed by atoms with Crippen molar-refractivity contribution in [1.29, 1.82) is 5.26 Å². The molecule has 4 rings (SSSR count). The Balaban J connectivity index is 1.86. The first-order chi connectivity index (χ1) is 16.4. The summed E-state index contributed by atoms with van der Waals surface area (Å²) in [5.41, 5.74) is 12.7. The van der Waals surface area contributed by atoms with Crippen LogP contribution in [-0.4, -0.2) is 39.3 Å². The van der Waals surface area contributed by atoms with Crippen molar-refractivity contribution in [2.24, 2.45) is 16.6 Å². The first kappa shape index (κ1) is 23.3. The molecule has 0 amide bonds. The van der Waals surface area contributed by atoms with Crippen LogP contribution >= 0.6 is 11.3 Å². The minimum absolute atomic E-state index is 0.0000946. The van der Waals surface area contributed by atoms with Crippen LogP contribution in [0.3, 0.4) is 0 Å². The number of benzene rings is 1. The van der Waals surface area contributed by atoms with Gasteiger partial charge in [-0.2, -0.15) is 5.26 Å². The number of piperidine rings is 1. The van der Waals surface area contributed by atoms with Crippen LogP contribution in [0.25, 0.3) is 0 Å². The van der Waals surface area contributed by atoms with Gasteiger partial charge in [-0.05, 0) is 29.9 Å². The molecule has 1 atom stereocenters. The van der Waals surface area contributed by atoms with E-state index in [-0.39, 0.29) is 25.0 Å². The molecule has 1 saturated heterocycles. The molecule has 1 fully saturated rings. The van der Waals surface area contributed by atoms with E-state index in [1.807, 2.05) is 4.90 Å². The fourth-order valence-electron chi connectivity index (χ4n) is 4.22. The van der Waals surface area contributed by atoms with Crippen molar-refractivity contribution in [1.82, 2.24) is 9.13 Å². The molecule has 11 heteroatoms. The summed E-state index contributed by atoms with van der Waals surface area (Å²) in [6.07, 6.45) is 1.72. The molecule has 3 heterocycles. The van der Waals surface area contributed by atoms with Gasteiger partial charge in [-0.25, -0.2) is 4.79 Å². The summed E-state index contributed by atoms with van der Waals surface area (Å²) in [6.45, 7) is 1.29. The summed E-state index contributed by atoms with van der Waals surface area (Å²) >= 11 is 1.32. The number of anilines is 1. The smallest absolute Gasteiger partial charge is 0.333 e. The molecule has 34 heavy (non-hydrogen) atoms. The molecule has 0 saturated carbocycles. The summed E-state index contributed by atoms with van der Waals surface area (Å²) in [5.74, 6) is 0.401. The largest absolute Gasteiger partial charge is 0.409 e. The van der Waals surface area contributed by atoms with E-state index in [2.05, 4.69) is 11.2 Å². The van der Waals surface area contributed by atoms with Crippen molar-refractivity contribution in [3.05, 3.63) is 84.2 Å². The maximum atomic E-state index is 13.7. The SMILES string of the molecule is N#Cc1ccsc1Cn1c(=O)cc(N2CCC[C@@H](N)C2)n(Cc2ccccc2/C(N)=N\O)c1=O. The van der Waals surface area contributed by atoms with Gasteiger partial charge in [-0.1, -0.05) is 29.4 Å². The molecule has 2 aromatic heterocycles. The molecule has 1 aromatic carbocycles. The van der Waals surface area contributed by atoms with Gasteiger partial charge in [-0.3, -0.25) is 13.9 Å². The van der Waals surface area contributed by atoms with Crippen LogP contribution in [0.2, 0.25) is 0 Å². The second-order valence-electron chi connectivity index (χ2n) is 8.16. The number of hydrogen-bond acceptors (Lipinski definition) is 8. The zero-order chi connectivity index (χ0) is 24.2. The third-order valence-electron chi connectivity index (χ3n) is 5.94. The highest BCUT2D eigenvalue weighted by molar-refractivity contribution is 7.10. The fourth-order valence-corrected chi connectivity index (χ4v) is 5.03. The van der Waals surface area contributed by atoms with Crippen molar-refractivity contribution in [2.45, 2.75) is 32.0 Å². The molecule has 5 N–H and O–H groups in total. The van der Waals surface area contributed by atoms with E-state index < -0.39 is 11.2 Å². The Morgan fingerprint density at radius 2 is 2.03 bits per heavy atom. The average molecular weight is 480 g/mol. The lowest BCUT2D eigenvalue weighted by molar-refractivity contribution is 0.318. The quantitative estimate of drug-likeness (QED) is 0.207. The average Bonchev–Trinajstić information content (AvgIpc) is 3.30. The van der Waals surface area contributed by atoms with Crippen LogP contribution in [0, 0.1) is 11.3 Å². The number of aromatic nitrogens is 2. The van der Waals surface area contributed by atoms with Crippen molar-refractivity contribution in [3.63, 3.8) is 0 Å². The van der Waals surface area contributed by atoms with Crippen LogP contribution in [0.4, 0.5) is 5.82 Å². The topological polar surface area (TPSA) is 156 Å². The standard InChI is InChI=1S/C23H25N7O3S/c24-11-15-7-9-34-19(15)14-30-21(31)10-20(28-8-3-5-17(25)13-28)29(23(30)32)12-16-4-1-2-6-18(16)22(26)27-33/h1-2,4,6-7,9-10,17,33H,3,5,8,12-14,25H2,(H2,26,27)/t17-/m1/s1. The van der Waals surface area contributed by atoms with E-state index in [4.69, 9.17) is 11.5 Å². The third-order valence-corrected chi connectivity index (χ3v) is 6.84. The molecule has 1 aliphatic rings. The van der Waals surface area contributed by atoms with Gasteiger partial charge in [0.15, 0.2) is 5.84 Å². The highest BCUT2D eigenvalue weighted by Gasteiger charge is 2.23. The Kier molecular flexibility index (Phi) is 6.81. The Hall–Kier alpha value is -3.88. The number of amidine groups is 1. The molecule has 0 bridgehead atoms. The summed E-state index contributed by atoms with van der Waals surface area (Å²) in [4.78, 5) is 29.4. The highest BCUT2D eigenvalue weighted by Crippen LogP contribution is 2.20. The third kappa shape index (κ3) is 4.59. The minimum atomic E-state index is -0.506. The second kappa shape index (κ2) is 9.94. The number of oxime groups is 1. The molecule has 0 aliphatic carbocycles. The Morgan fingerprint density at radius 1 is 1.24 bits per heavy atom. The summed E-state index contributed by atoms with van der Waals surface area (Å²) in [5, 5.41) is 23.4. The fraction of sp³-hybridized carbons (Fsp3) is 0.304. The van der Waals surface area contributed by atoms with E-state index in [9.17, 15) is 20.1 Å². The van der Waals surface area contributed by atoms with Crippen molar-refractivity contribution in [3.8, 4) is 6.07 Å². The Bertz CT molecular complexity index is 1380. The van der Waals surface area contributed by atoms with E-state index in [0.29, 0.717) is 40.5 Å². The van der Waals surface area contributed by atoms with Crippen LogP contribution in [0.1, 0.15) is 34.4 Å². The summed E-state index contributed by atoms with van der Waals surface area (Å²) in [7, 11) is 0. The lowest BCUT2D eigenvalue weighted by atomic mass is 10.1. The molecular formula is C23H25N7O3S. The molecule has 0 radical (unpaired) electrons. The van der Waals surface area contributed by atoms with Crippen LogP contribution in [0.5, 0.6) is 0 Å². The molecule has 3 aromatic rings. The zero-order valence-corrected chi connectivity index (χ0v) is 19.2. The number of nitrogens with two attached hydrogens (primary N) is 2. The maximum Gasteiger partial charge on any atom is 0.333 e. The molecular weight excluding hydrogens is 454 g/mol. The van der Waals surface area contributed by atoms with Gasteiger partial charge in [0, 0.05) is 35.6 Å². The summed E-state index contributed by atoms with van der Waals surface area (Å²) < 4.78 is 2.65. The normalized spacial score (nSPS) is 16.4. The van der Waals surface area contributed by atoms with E-state index in [1.54, 1.807) is 35.7 Å². The zero-order valence-electron chi connectivity index (χ0n) is 18.4. The number of nitrogens with zero attached hydrogens (tertiary/aromatic N) is 5. The van der Waals surface area contributed by atoms with E-state index in [1.165, 1.54) is 22.0 Å². The van der Waals surface area contributed by atoms with Gasteiger partial charge in [0.2, 0.25) is 0 Å². The highest BCUT2D eigenvalue weighted by atomic mass is 32.1.